The van der Waals surface area contributed by atoms with Crippen LogP contribution in [-0.4, -0.2) is 21.0 Å². The molecule has 0 radical (unpaired) electrons. The maximum absolute atomic E-state index is 11.6. The highest BCUT2D eigenvalue weighted by atomic mass is 27.1. The Morgan fingerprint density at radius 2 is 1.75 bits per heavy atom. The molecule has 94 valence electrons. The fourth-order valence-electron chi connectivity index (χ4n) is 1.91. The average molecular weight is 240 g/mol. The van der Waals surface area contributed by atoms with Crippen LogP contribution in [0.4, 0.5) is 0 Å². The summed E-state index contributed by atoms with van der Waals surface area (Å²) >= 11 is 0.157. The molecule has 0 saturated heterocycles. The summed E-state index contributed by atoms with van der Waals surface area (Å²) in [7, 11) is 0. The molecule has 0 aliphatic carbocycles. The molecule has 0 heterocycles. The van der Waals surface area contributed by atoms with E-state index in [0.717, 1.165) is 12.8 Å². The fraction of sp³-hybridized carbons (Fsp3) is 0.929. The summed E-state index contributed by atoms with van der Waals surface area (Å²) in [5.74, 6) is 0.786. The summed E-state index contributed by atoms with van der Waals surface area (Å²) in [5.41, 5.74) is 0. The molecule has 0 aromatic heterocycles. The highest BCUT2D eigenvalue weighted by molar-refractivity contribution is 6.35. The van der Waals surface area contributed by atoms with E-state index in [2.05, 4.69) is 20.8 Å². The Morgan fingerprint density at radius 1 is 1.06 bits per heavy atom. The summed E-state index contributed by atoms with van der Waals surface area (Å²) in [6, 6.07) is 0. The second kappa shape index (κ2) is 11.7. The molecule has 1 nitrogen and oxygen atoms in total. The van der Waals surface area contributed by atoms with Crippen molar-refractivity contribution in [3.05, 3.63) is 0 Å². The molecular formula is C14H29AlO. The van der Waals surface area contributed by atoms with Crippen LogP contribution >= 0.6 is 0 Å². The molecule has 0 spiro atoms. The smallest absolute Gasteiger partial charge is 0.236 e. The second-order valence-electron chi connectivity index (χ2n) is 5.00. The number of unbranched alkanes of at least 4 members (excludes halogenated alkanes) is 3. The predicted molar refractivity (Wildman–Crippen MR) is 74.6 cm³/mol. The molecule has 0 amide bonds. The Morgan fingerprint density at radius 3 is 2.38 bits per heavy atom. The van der Waals surface area contributed by atoms with E-state index in [1.54, 1.807) is 0 Å². The molecule has 0 aromatic rings. The van der Waals surface area contributed by atoms with E-state index in [0.29, 0.717) is 11.7 Å². The van der Waals surface area contributed by atoms with E-state index < -0.39 is 0 Å². The van der Waals surface area contributed by atoms with Gasteiger partial charge in [-0.2, -0.15) is 0 Å². The maximum Gasteiger partial charge on any atom is 0.236 e. The van der Waals surface area contributed by atoms with E-state index in [1.807, 2.05) is 0 Å². The monoisotopic (exact) mass is 240 g/mol. The molecule has 0 saturated carbocycles. The van der Waals surface area contributed by atoms with Crippen LogP contribution in [0.2, 0.25) is 10.6 Å². The Balaban J connectivity index is 3.18. The van der Waals surface area contributed by atoms with Gasteiger partial charge in [-0.1, -0.05) is 63.4 Å². The van der Waals surface area contributed by atoms with Gasteiger partial charge in [0.2, 0.25) is 15.2 Å². The van der Waals surface area contributed by atoms with Crippen molar-refractivity contribution < 1.29 is 4.79 Å². The van der Waals surface area contributed by atoms with E-state index in [-0.39, 0.29) is 15.2 Å². The van der Waals surface area contributed by atoms with Crippen molar-refractivity contribution >= 4 is 21.0 Å². The minimum Gasteiger partial charge on any atom is -0.299 e. The first-order valence-corrected chi connectivity index (χ1v) is 9.25. The van der Waals surface area contributed by atoms with Crippen LogP contribution in [0, 0.1) is 5.92 Å². The zero-order valence-electron chi connectivity index (χ0n) is 11.6. The standard InChI is InChI=1S/C8H15O.C6H13.Al.H/c1-4-6-8(9)7(3)5-2;1-3-5-6-4-2;;/h7H,1,4-6H2,2-3H3;1,3-6H2,2H3;;. The van der Waals surface area contributed by atoms with Gasteiger partial charge in [-0.25, -0.2) is 0 Å². The number of carbonyl (C=O) groups is 1. The van der Waals surface area contributed by atoms with Crippen molar-refractivity contribution in [1.29, 1.82) is 0 Å². The van der Waals surface area contributed by atoms with Gasteiger partial charge in [0, 0.05) is 12.3 Å². The lowest BCUT2D eigenvalue weighted by molar-refractivity contribution is -0.122. The first kappa shape index (κ1) is 16.2. The lowest BCUT2D eigenvalue weighted by Crippen LogP contribution is -2.09. The fourth-order valence-corrected chi connectivity index (χ4v) is 3.57. The van der Waals surface area contributed by atoms with Crippen molar-refractivity contribution in [2.75, 3.05) is 0 Å². The summed E-state index contributed by atoms with van der Waals surface area (Å²) in [6.07, 6.45) is 8.63. The lowest BCUT2D eigenvalue weighted by atomic mass is 10.0. The molecule has 16 heavy (non-hydrogen) atoms. The first-order valence-electron chi connectivity index (χ1n) is 7.25. The van der Waals surface area contributed by atoms with Crippen LogP contribution in [0.3, 0.4) is 0 Å². The Labute approximate surface area is 108 Å². The zero-order chi connectivity index (χ0) is 12.2. The number of Topliss-reactive ketones (excluding diaryl/α,β-unsaturated/α-hetero) is 1. The van der Waals surface area contributed by atoms with Gasteiger partial charge in [-0.3, -0.25) is 4.79 Å². The lowest BCUT2D eigenvalue weighted by Gasteiger charge is -2.06. The van der Waals surface area contributed by atoms with E-state index in [9.17, 15) is 4.79 Å². The normalized spacial score (nSPS) is 12.4. The Bertz CT molecular complexity index is 168. The zero-order valence-corrected chi connectivity index (χ0v) is 13.0. The van der Waals surface area contributed by atoms with Crippen molar-refractivity contribution in [3.8, 4) is 0 Å². The van der Waals surface area contributed by atoms with Crippen molar-refractivity contribution in [2.45, 2.75) is 76.3 Å². The van der Waals surface area contributed by atoms with E-state index >= 15 is 0 Å². The highest BCUT2D eigenvalue weighted by Gasteiger charge is 2.09. The molecule has 2 heteroatoms. The Kier molecular flexibility index (Phi) is 11.8. The van der Waals surface area contributed by atoms with Gasteiger partial charge in [0.05, 0.1) is 0 Å². The Hall–Kier alpha value is 0.202. The molecule has 1 unspecified atom stereocenters. The molecule has 0 aliphatic heterocycles. The summed E-state index contributed by atoms with van der Waals surface area (Å²) in [5, 5.41) is 2.88. The number of hydrogen-bond acceptors (Lipinski definition) is 1. The van der Waals surface area contributed by atoms with Crippen LogP contribution < -0.4 is 0 Å². The minimum absolute atomic E-state index is 0.157. The van der Waals surface area contributed by atoms with Crippen LogP contribution in [0.15, 0.2) is 0 Å². The molecule has 0 bridgehead atoms. The van der Waals surface area contributed by atoms with Crippen LogP contribution in [0.1, 0.15) is 65.7 Å². The second-order valence-corrected chi connectivity index (χ2v) is 7.12. The maximum atomic E-state index is 11.6. The molecule has 0 aliphatic rings. The van der Waals surface area contributed by atoms with Gasteiger partial charge in [0.25, 0.3) is 0 Å². The van der Waals surface area contributed by atoms with Crippen LogP contribution in [0.5, 0.6) is 0 Å². The van der Waals surface area contributed by atoms with Gasteiger partial charge in [0.1, 0.15) is 5.78 Å². The van der Waals surface area contributed by atoms with E-state index in [1.165, 1.54) is 42.7 Å². The molecule has 0 aromatic carbocycles. The predicted octanol–water partition coefficient (Wildman–Crippen LogP) is 4.24. The summed E-state index contributed by atoms with van der Waals surface area (Å²) in [6.45, 7) is 6.42. The molecular weight excluding hydrogens is 211 g/mol. The van der Waals surface area contributed by atoms with Crippen LogP contribution in [0.25, 0.3) is 0 Å². The van der Waals surface area contributed by atoms with Gasteiger partial charge in [-0.05, 0) is 6.42 Å². The molecule has 0 fully saturated rings. The third kappa shape index (κ3) is 9.43. The van der Waals surface area contributed by atoms with Crippen molar-refractivity contribution in [2.24, 2.45) is 5.92 Å². The highest BCUT2D eigenvalue weighted by Crippen LogP contribution is 2.10. The van der Waals surface area contributed by atoms with Gasteiger partial charge >= 0.3 is 0 Å². The third-order valence-electron chi connectivity index (χ3n) is 3.44. The topological polar surface area (TPSA) is 17.1 Å². The number of ketones is 1. The van der Waals surface area contributed by atoms with Crippen molar-refractivity contribution in [3.63, 3.8) is 0 Å². The average Bonchev–Trinajstić information content (AvgIpc) is 2.31. The number of rotatable bonds is 11. The van der Waals surface area contributed by atoms with Gasteiger partial charge in [-0.15, -0.1) is 0 Å². The largest absolute Gasteiger partial charge is 0.299 e. The molecule has 1 atom stereocenters. The number of carbonyl (C=O) groups excluding carboxylic acids is 1. The first-order chi connectivity index (χ1) is 7.72. The quantitative estimate of drug-likeness (QED) is 0.390. The minimum atomic E-state index is 0.157. The third-order valence-corrected chi connectivity index (χ3v) is 5.44. The molecule has 0 N–H and O–H groups in total. The van der Waals surface area contributed by atoms with Crippen molar-refractivity contribution in [1.82, 2.24) is 0 Å². The van der Waals surface area contributed by atoms with E-state index in [4.69, 9.17) is 0 Å². The SMILES string of the molecule is CCCCC[CH2][AlH][CH2]CCC(=O)C(C)CC. The summed E-state index contributed by atoms with van der Waals surface area (Å²) < 4.78 is 0. The van der Waals surface area contributed by atoms with Gasteiger partial charge in [0.15, 0.2) is 0 Å². The van der Waals surface area contributed by atoms with Gasteiger partial charge < -0.3 is 0 Å². The molecule has 0 rings (SSSR count). The van der Waals surface area contributed by atoms with Crippen LogP contribution in [-0.2, 0) is 4.79 Å². The summed E-state index contributed by atoms with van der Waals surface area (Å²) in [4.78, 5) is 11.6. The number of hydrogen-bond donors (Lipinski definition) is 0.